The molecule has 4 rings (SSSR count). The number of benzene rings is 2. The molecule has 0 aliphatic carbocycles. The van der Waals surface area contributed by atoms with E-state index in [-0.39, 0.29) is 5.56 Å². The van der Waals surface area contributed by atoms with E-state index in [0.29, 0.717) is 17.9 Å². The molecule has 2 heterocycles. The van der Waals surface area contributed by atoms with E-state index in [4.69, 9.17) is 23.3 Å². The van der Waals surface area contributed by atoms with Gasteiger partial charge in [0, 0.05) is 12.3 Å². The first-order valence-electron chi connectivity index (χ1n) is 12.7. The van der Waals surface area contributed by atoms with Crippen LogP contribution >= 0.6 is 15.6 Å². The summed E-state index contributed by atoms with van der Waals surface area (Å²) < 4.78 is 55.8. The number of carbonyl (C=O) groups excluding carboxylic acids is 1. The molecule has 4 N–H and O–H groups in total. The average Bonchev–Trinajstić information content (AvgIpc) is 3.26. The first-order valence-corrected chi connectivity index (χ1v) is 15.7. The molecule has 0 amide bonds. The smallest absolute Gasteiger partial charge is 0.481 e. The van der Waals surface area contributed by atoms with Crippen molar-refractivity contribution in [3.8, 4) is 5.75 Å². The summed E-state index contributed by atoms with van der Waals surface area (Å²) in [7, 11) is -10.4. The van der Waals surface area contributed by atoms with Crippen molar-refractivity contribution in [1.29, 1.82) is 0 Å². The van der Waals surface area contributed by atoms with E-state index in [9.17, 15) is 38.4 Å². The van der Waals surface area contributed by atoms with Crippen molar-refractivity contribution < 1.29 is 56.4 Å². The number of esters is 1. The molecule has 0 bridgehead atoms. The van der Waals surface area contributed by atoms with Crippen LogP contribution in [0.3, 0.4) is 0 Å². The minimum atomic E-state index is -5.31. The molecule has 18 heteroatoms. The molecule has 232 valence electrons. The number of H-pyrrole nitrogens is 1. The number of carbonyl (C=O) groups is 1. The highest BCUT2D eigenvalue weighted by molar-refractivity contribution is 7.61. The Kier molecular flexibility index (Phi) is 10.5. The molecule has 16 nitrogen and oxygen atoms in total. The van der Waals surface area contributed by atoms with E-state index in [0.717, 1.165) is 16.8 Å². The maximum atomic E-state index is 12.7. The summed E-state index contributed by atoms with van der Waals surface area (Å²) in [6.07, 6.45) is -5.31. The van der Waals surface area contributed by atoms with Gasteiger partial charge in [0.2, 0.25) is 0 Å². The Bertz CT molecular complexity index is 1610. The van der Waals surface area contributed by atoms with Crippen molar-refractivity contribution in [2.45, 2.75) is 38.1 Å². The van der Waals surface area contributed by atoms with E-state index in [2.05, 4.69) is 4.31 Å². The zero-order valence-corrected chi connectivity index (χ0v) is 24.2. The van der Waals surface area contributed by atoms with Crippen LogP contribution in [0.5, 0.6) is 5.75 Å². The molecular formula is C25H28N2O14P2. The SMILES string of the molecule is CCOc1ccc(COP(=O)(O)OP(=O)(O)OC[C@H]2O[C@@H](n3ccc(=O)[nH]c3=O)C(OC(=O)c3ccccc3)C2O)cc1. The maximum absolute atomic E-state index is 12.7. The van der Waals surface area contributed by atoms with Gasteiger partial charge in [0.25, 0.3) is 5.56 Å². The number of rotatable bonds is 13. The number of hydrogen-bond acceptors (Lipinski definition) is 12. The lowest BCUT2D eigenvalue weighted by atomic mass is 10.1. The van der Waals surface area contributed by atoms with Gasteiger partial charge in [-0.25, -0.2) is 18.7 Å². The Hall–Kier alpha value is -3.43. The predicted octanol–water partition coefficient (Wildman–Crippen LogP) is 1.87. The second-order valence-corrected chi connectivity index (χ2v) is 12.0. The number of ether oxygens (including phenoxy) is 3. The number of aliphatic hydroxyl groups excluding tert-OH is 1. The second kappa shape index (κ2) is 13.9. The minimum absolute atomic E-state index is 0.110. The second-order valence-electron chi connectivity index (χ2n) is 8.97. The van der Waals surface area contributed by atoms with Crippen molar-refractivity contribution >= 4 is 21.6 Å². The quantitative estimate of drug-likeness (QED) is 0.154. The summed E-state index contributed by atoms with van der Waals surface area (Å²) in [5, 5.41) is 10.9. The average molecular weight is 642 g/mol. The Morgan fingerprint density at radius 1 is 1.00 bits per heavy atom. The van der Waals surface area contributed by atoms with Crippen LogP contribution in [0.2, 0.25) is 0 Å². The van der Waals surface area contributed by atoms with Gasteiger partial charge < -0.3 is 29.1 Å². The Balaban J connectivity index is 1.42. The standard InChI is InChI=1S/C25H28N2O14P2/c1-2-36-18-10-8-16(9-11-18)14-37-42(32,33)41-43(34,35)38-15-19-21(29)22(40-24(30)17-6-4-3-5-7-17)23(39-19)27-13-12-20(28)26-25(27)31/h3-13,19,21-23,29H,2,14-15H2,1H3,(H,32,33)(H,34,35)(H,26,28,31)/t19-,21?,22?,23-/m1/s1. The number of phosphoric ester groups is 2. The zero-order chi connectivity index (χ0) is 31.2. The topological polar surface area (TPSA) is 222 Å². The summed E-state index contributed by atoms with van der Waals surface area (Å²) in [6, 6.07) is 14.9. The van der Waals surface area contributed by atoms with E-state index < -0.39 is 70.6 Å². The molecule has 3 aromatic rings. The largest absolute Gasteiger partial charge is 0.494 e. The Morgan fingerprint density at radius 3 is 2.33 bits per heavy atom. The van der Waals surface area contributed by atoms with Crippen LogP contribution in [0.4, 0.5) is 0 Å². The number of nitrogens with one attached hydrogen (secondary N) is 1. The summed E-state index contributed by atoms with van der Waals surface area (Å²) >= 11 is 0. The number of aromatic nitrogens is 2. The first-order chi connectivity index (χ1) is 20.4. The number of aliphatic hydroxyl groups is 1. The minimum Gasteiger partial charge on any atom is -0.494 e. The van der Waals surface area contributed by atoms with Crippen LogP contribution in [-0.2, 0) is 38.6 Å². The molecule has 6 atom stereocenters. The summed E-state index contributed by atoms with van der Waals surface area (Å²) in [6.45, 7) is 0.850. The monoisotopic (exact) mass is 642 g/mol. The highest BCUT2D eigenvalue weighted by Crippen LogP contribution is 2.61. The summed E-state index contributed by atoms with van der Waals surface area (Å²) in [5.74, 6) is -0.330. The normalized spacial score (nSPS) is 22.8. The number of aromatic amines is 1. The van der Waals surface area contributed by atoms with Gasteiger partial charge in [-0.3, -0.25) is 23.4 Å². The van der Waals surface area contributed by atoms with Gasteiger partial charge in [-0.15, -0.1) is 0 Å². The van der Waals surface area contributed by atoms with Crippen molar-refractivity contribution in [2.24, 2.45) is 0 Å². The molecule has 1 aromatic heterocycles. The number of phosphoric acid groups is 2. The molecule has 0 radical (unpaired) electrons. The molecule has 43 heavy (non-hydrogen) atoms. The van der Waals surface area contributed by atoms with Crippen LogP contribution in [0.1, 0.15) is 29.1 Å². The molecule has 4 unspecified atom stereocenters. The Morgan fingerprint density at radius 2 is 1.67 bits per heavy atom. The molecule has 0 saturated carbocycles. The fourth-order valence-electron chi connectivity index (χ4n) is 3.95. The lowest BCUT2D eigenvalue weighted by Gasteiger charge is -2.22. The molecular weight excluding hydrogens is 614 g/mol. The van der Waals surface area contributed by atoms with Gasteiger partial charge in [-0.2, -0.15) is 4.31 Å². The lowest BCUT2D eigenvalue weighted by molar-refractivity contribution is -0.0597. The fourth-order valence-corrected chi connectivity index (χ4v) is 6.02. The van der Waals surface area contributed by atoms with Crippen LogP contribution in [0, 0.1) is 0 Å². The van der Waals surface area contributed by atoms with Gasteiger partial charge in [0.05, 0.1) is 25.4 Å². The van der Waals surface area contributed by atoms with E-state index in [1.165, 1.54) is 12.1 Å². The number of hydrogen-bond donors (Lipinski definition) is 4. The third-order valence-corrected chi connectivity index (χ3v) is 8.51. The highest BCUT2D eigenvalue weighted by atomic mass is 31.3. The Labute approximate surface area is 243 Å². The third kappa shape index (κ3) is 8.80. The molecule has 1 aliphatic heterocycles. The fraction of sp³-hybridized carbons (Fsp3) is 0.320. The van der Waals surface area contributed by atoms with Gasteiger partial charge in [-0.1, -0.05) is 30.3 Å². The van der Waals surface area contributed by atoms with E-state index in [1.807, 2.05) is 4.98 Å². The van der Waals surface area contributed by atoms with Gasteiger partial charge in [-0.05, 0) is 36.8 Å². The molecule has 1 fully saturated rings. The van der Waals surface area contributed by atoms with Crippen LogP contribution in [-0.4, -0.2) is 61.9 Å². The van der Waals surface area contributed by atoms with Crippen LogP contribution < -0.4 is 16.0 Å². The van der Waals surface area contributed by atoms with Crippen LogP contribution in [0.25, 0.3) is 0 Å². The zero-order valence-electron chi connectivity index (χ0n) is 22.5. The predicted molar refractivity (Wildman–Crippen MR) is 146 cm³/mol. The van der Waals surface area contributed by atoms with Crippen molar-refractivity contribution in [1.82, 2.24) is 9.55 Å². The van der Waals surface area contributed by atoms with Gasteiger partial charge in [0.1, 0.15) is 18.0 Å². The van der Waals surface area contributed by atoms with Gasteiger partial charge >= 0.3 is 27.3 Å². The lowest BCUT2D eigenvalue weighted by Crippen LogP contribution is -2.40. The summed E-state index contributed by atoms with van der Waals surface area (Å²) in [5.41, 5.74) is -1.15. The third-order valence-electron chi connectivity index (χ3n) is 5.93. The first kappa shape index (κ1) is 32.5. The van der Waals surface area contributed by atoms with E-state index in [1.54, 1.807) is 49.4 Å². The summed E-state index contributed by atoms with van der Waals surface area (Å²) in [4.78, 5) is 58.7. The molecule has 2 aromatic carbocycles. The maximum Gasteiger partial charge on any atom is 0.481 e. The number of nitrogens with zero attached hydrogens (tertiary/aromatic N) is 1. The van der Waals surface area contributed by atoms with Crippen molar-refractivity contribution in [3.63, 3.8) is 0 Å². The van der Waals surface area contributed by atoms with Gasteiger partial charge in [0.15, 0.2) is 12.3 Å². The molecule has 1 aliphatic rings. The molecule has 0 spiro atoms. The van der Waals surface area contributed by atoms with E-state index >= 15 is 0 Å². The molecule has 1 saturated heterocycles. The van der Waals surface area contributed by atoms with Crippen LogP contribution in [0.15, 0.2) is 76.4 Å². The highest BCUT2D eigenvalue weighted by Gasteiger charge is 2.49. The van der Waals surface area contributed by atoms with Crippen molar-refractivity contribution in [2.75, 3.05) is 13.2 Å². The van der Waals surface area contributed by atoms with Crippen molar-refractivity contribution in [3.05, 3.63) is 98.8 Å².